The lowest BCUT2D eigenvalue weighted by atomic mass is 9.84. The fraction of sp³-hybridized carbons (Fsp3) is 0.733. The second-order valence-electron chi connectivity index (χ2n) is 6.77. The molecule has 0 rings (SSSR count). The van der Waals surface area contributed by atoms with Gasteiger partial charge in [-0.2, -0.15) is 0 Å². The van der Waals surface area contributed by atoms with Gasteiger partial charge in [0.05, 0.1) is 0 Å². The SMILES string of the molecule is C=CCC(C(=O)OC(C)(C)C)(C(=O)OC(C)(C)C)C(F)F. The highest BCUT2D eigenvalue weighted by molar-refractivity contribution is 6.01. The van der Waals surface area contributed by atoms with Gasteiger partial charge in [-0.15, -0.1) is 6.58 Å². The third kappa shape index (κ3) is 5.44. The highest BCUT2D eigenvalue weighted by Gasteiger charge is 2.57. The first-order valence-corrected chi connectivity index (χ1v) is 6.62. The van der Waals surface area contributed by atoms with Gasteiger partial charge in [-0.05, 0) is 48.0 Å². The van der Waals surface area contributed by atoms with Gasteiger partial charge in [0.25, 0.3) is 6.43 Å². The average molecular weight is 306 g/mol. The van der Waals surface area contributed by atoms with Crippen molar-refractivity contribution in [1.29, 1.82) is 0 Å². The van der Waals surface area contributed by atoms with E-state index >= 15 is 0 Å². The van der Waals surface area contributed by atoms with Crippen LogP contribution >= 0.6 is 0 Å². The van der Waals surface area contributed by atoms with Crippen LogP contribution in [0.25, 0.3) is 0 Å². The maximum atomic E-state index is 13.5. The fourth-order valence-corrected chi connectivity index (χ4v) is 1.48. The van der Waals surface area contributed by atoms with Gasteiger partial charge in [0.2, 0.25) is 5.41 Å². The van der Waals surface area contributed by atoms with Crippen molar-refractivity contribution >= 4 is 11.9 Å². The Morgan fingerprint density at radius 2 is 1.33 bits per heavy atom. The lowest BCUT2D eigenvalue weighted by molar-refractivity contribution is -0.196. The summed E-state index contributed by atoms with van der Waals surface area (Å²) >= 11 is 0. The van der Waals surface area contributed by atoms with Crippen molar-refractivity contribution in [2.45, 2.75) is 65.6 Å². The van der Waals surface area contributed by atoms with Crippen LogP contribution in [0.4, 0.5) is 8.78 Å². The van der Waals surface area contributed by atoms with Gasteiger partial charge < -0.3 is 9.47 Å². The van der Waals surface area contributed by atoms with Gasteiger partial charge in [-0.1, -0.05) is 6.08 Å². The van der Waals surface area contributed by atoms with Gasteiger partial charge in [0.1, 0.15) is 11.2 Å². The lowest BCUT2D eigenvalue weighted by Gasteiger charge is -2.33. The fourth-order valence-electron chi connectivity index (χ4n) is 1.48. The monoisotopic (exact) mass is 306 g/mol. The van der Waals surface area contributed by atoms with Crippen molar-refractivity contribution in [3.63, 3.8) is 0 Å². The summed E-state index contributed by atoms with van der Waals surface area (Å²) in [6, 6.07) is 0. The molecular weight excluding hydrogens is 282 g/mol. The maximum absolute atomic E-state index is 13.5. The van der Waals surface area contributed by atoms with E-state index < -0.39 is 41.4 Å². The van der Waals surface area contributed by atoms with Crippen molar-refractivity contribution in [3.05, 3.63) is 12.7 Å². The third-order valence-electron chi connectivity index (χ3n) is 2.37. The summed E-state index contributed by atoms with van der Waals surface area (Å²) in [6.07, 6.45) is -2.74. The molecule has 0 radical (unpaired) electrons. The summed E-state index contributed by atoms with van der Waals surface area (Å²) < 4.78 is 37.1. The van der Waals surface area contributed by atoms with E-state index in [-0.39, 0.29) is 0 Å². The van der Waals surface area contributed by atoms with E-state index in [0.717, 1.165) is 6.08 Å². The van der Waals surface area contributed by atoms with Crippen LogP contribution < -0.4 is 0 Å². The van der Waals surface area contributed by atoms with E-state index in [1.54, 1.807) is 0 Å². The molecule has 6 heteroatoms. The summed E-state index contributed by atoms with van der Waals surface area (Å²) in [6.45, 7) is 12.5. The highest BCUT2D eigenvalue weighted by atomic mass is 19.3. The maximum Gasteiger partial charge on any atom is 0.330 e. The van der Waals surface area contributed by atoms with Crippen molar-refractivity contribution in [2.24, 2.45) is 5.41 Å². The van der Waals surface area contributed by atoms with Crippen LogP contribution in [-0.2, 0) is 19.1 Å². The molecule has 0 N–H and O–H groups in total. The second kappa shape index (κ2) is 6.54. The minimum atomic E-state index is -3.26. The van der Waals surface area contributed by atoms with Crippen LogP contribution in [0.15, 0.2) is 12.7 Å². The molecule has 0 unspecified atom stereocenters. The minimum absolute atomic E-state index is 0.561. The molecule has 0 bridgehead atoms. The molecule has 0 saturated carbocycles. The van der Waals surface area contributed by atoms with E-state index in [1.807, 2.05) is 0 Å². The topological polar surface area (TPSA) is 52.6 Å². The summed E-state index contributed by atoms with van der Waals surface area (Å²) in [5, 5.41) is 0. The molecule has 0 aromatic rings. The Kier molecular flexibility index (Phi) is 6.08. The van der Waals surface area contributed by atoms with Crippen molar-refractivity contribution < 1.29 is 27.8 Å². The minimum Gasteiger partial charge on any atom is -0.459 e. The molecule has 4 nitrogen and oxygen atoms in total. The van der Waals surface area contributed by atoms with Crippen LogP contribution in [0.1, 0.15) is 48.0 Å². The molecule has 21 heavy (non-hydrogen) atoms. The van der Waals surface area contributed by atoms with Gasteiger partial charge in [0, 0.05) is 0 Å². The van der Waals surface area contributed by atoms with Crippen molar-refractivity contribution in [1.82, 2.24) is 0 Å². The van der Waals surface area contributed by atoms with Crippen molar-refractivity contribution in [2.75, 3.05) is 0 Å². The van der Waals surface area contributed by atoms with Crippen LogP contribution in [0.5, 0.6) is 0 Å². The Morgan fingerprint density at radius 1 is 1.00 bits per heavy atom. The average Bonchev–Trinajstić information content (AvgIpc) is 2.19. The molecule has 0 fully saturated rings. The number of carbonyl (C=O) groups is 2. The van der Waals surface area contributed by atoms with Gasteiger partial charge in [-0.3, -0.25) is 9.59 Å². The number of alkyl halides is 2. The second-order valence-corrected chi connectivity index (χ2v) is 6.77. The van der Waals surface area contributed by atoms with E-state index in [1.165, 1.54) is 41.5 Å². The first-order chi connectivity index (χ1) is 9.26. The number of carbonyl (C=O) groups excluding carboxylic acids is 2. The van der Waals surface area contributed by atoms with Gasteiger partial charge >= 0.3 is 11.9 Å². The van der Waals surface area contributed by atoms with Crippen LogP contribution in [0.3, 0.4) is 0 Å². The smallest absolute Gasteiger partial charge is 0.330 e. The molecule has 0 amide bonds. The zero-order valence-corrected chi connectivity index (χ0v) is 13.5. The van der Waals surface area contributed by atoms with E-state index in [0.29, 0.717) is 0 Å². The van der Waals surface area contributed by atoms with Crippen LogP contribution in [-0.4, -0.2) is 29.6 Å². The number of halogens is 2. The molecule has 0 aromatic heterocycles. The molecule has 0 saturated heterocycles. The molecule has 0 aliphatic heterocycles. The summed E-state index contributed by atoms with van der Waals surface area (Å²) in [5.74, 6) is -2.61. The Bertz CT molecular complexity index is 375. The van der Waals surface area contributed by atoms with Crippen LogP contribution in [0.2, 0.25) is 0 Å². The lowest BCUT2D eigenvalue weighted by Crippen LogP contribution is -2.51. The molecular formula is C15H24F2O4. The molecule has 0 spiro atoms. The summed E-state index contributed by atoms with van der Waals surface area (Å²) in [4.78, 5) is 24.4. The Labute approximate surface area is 124 Å². The molecule has 0 aliphatic rings. The largest absolute Gasteiger partial charge is 0.459 e. The molecule has 0 aromatic carbocycles. The number of allylic oxidation sites excluding steroid dienone is 1. The molecule has 0 aliphatic carbocycles. The number of ether oxygens (including phenoxy) is 2. The van der Waals surface area contributed by atoms with Gasteiger partial charge in [-0.25, -0.2) is 8.78 Å². The summed E-state index contributed by atoms with van der Waals surface area (Å²) in [5.41, 5.74) is -4.69. The number of hydrogen-bond donors (Lipinski definition) is 0. The summed E-state index contributed by atoms with van der Waals surface area (Å²) in [7, 11) is 0. The molecule has 0 atom stereocenters. The number of rotatable bonds is 5. The predicted molar refractivity (Wildman–Crippen MR) is 74.9 cm³/mol. The Morgan fingerprint density at radius 3 is 1.52 bits per heavy atom. The van der Waals surface area contributed by atoms with Crippen molar-refractivity contribution in [3.8, 4) is 0 Å². The quantitative estimate of drug-likeness (QED) is 0.443. The van der Waals surface area contributed by atoms with E-state index in [4.69, 9.17) is 9.47 Å². The van der Waals surface area contributed by atoms with Gasteiger partial charge in [0.15, 0.2) is 0 Å². The number of esters is 2. The van der Waals surface area contributed by atoms with E-state index in [9.17, 15) is 18.4 Å². The Balaban J connectivity index is 5.70. The first kappa shape index (κ1) is 19.5. The molecule has 122 valence electrons. The van der Waals surface area contributed by atoms with Crippen LogP contribution in [0, 0.1) is 5.41 Å². The normalized spacial score (nSPS) is 13.0. The highest BCUT2D eigenvalue weighted by Crippen LogP contribution is 2.36. The standard InChI is InChI=1S/C15H24F2O4/c1-8-9-15(10(16)17,11(18)20-13(2,3)4)12(19)21-14(5,6)7/h8,10H,1,9H2,2-7H3. The Hall–Kier alpha value is -1.46. The molecule has 0 heterocycles. The van der Waals surface area contributed by atoms with E-state index in [2.05, 4.69) is 6.58 Å². The third-order valence-corrected chi connectivity index (χ3v) is 2.37. The number of hydrogen-bond acceptors (Lipinski definition) is 4. The zero-order chi connectivity index (χ0) is 17.1. The predicted octanol–water partition coefficient (Wildman–Crippen LogP) is 3.50. The zero-order valence-electron chi connectivity index (χ0n) is 13.5. The first-order valence-electron chi connectivity index (χ1n) is 6.62.